The molecule has 8 heteroatoms. The molecule has 0 saturated heterocycles. The number of methoxy groups -OCH3 is 2. The minimum atomic E-state index is -0.285. The van der Waals surface area contributed by atoms with Gasteiger partial charge in [-0.05, 0) is 43.2 Å². The number of carbonyl (C=O) groups is 1. The first-order valence-corrected chi connectivity index (χ1v) is 9.02. The molecular formula is C21H23N3O5. The van der Waals surface area contributed by atoms with Crippen LogP contribution in [0.15, 0.2) is 40.9 Å². The number of nitrogens with zero attached hydrogens (tertiary/aromatic N) is 2. The van der Waals surface area contributed by atoms with Crippen LogP contribution in [0.4, 0.5) is 0 Å². The molecule has 29 heavy (non-hydrogen) atoms. The molecule has 3 rings (SSSR count). The van der Waals surface area contributed by atoms with E-state index in [1.807, 2.05) is 32.0 Å². The normalized spacial score (nSPS) is 10.5. The predicted octanol–water partition coefficient (Wildman–Crippen LogP) is 3.07. The van der Waals surface area contributed by atoms with Gasteiger partial charge in [0.2, 0.25) is 11.7 Å². The fourth-order valence-electron chi connectivity index (χ4n) is 2.67. The highest BCUT2D eigenvalue weighted by Gasteiger charge is 2.15. The van der Waals surface area contributed by atoms with Crippen molar-refractivity contribution in [1.82, 2.24) is 15.5 Å². The molecule has 0 bridgehead atoms. The lowest BCUT2D eigenvalue weighted by Crippen LogP contribution is -2.28. The van der Waals surface area contributed by atoms with Gasteiger partial charge in [-0.3, -0.25) is 4.79 Å². The van der Waals surface area contributed by atoms with E-state index in [4.69, 9.17) is 18.7 Å². The van der Waals surface area contributed by atoms with Crippen LogP contribution in [0.25, 0.3) is 11.4 Å². The van der Waals surface area contributed by atoms with Gasteiger partial charge in [0, 0.05) is 6.07 Å². The van der Waals surface area contributed by atoms with Gasteiger partial charge >= 0.3 is 0 Å². The van der Waals surface area contributed by atoms with Crippen molar-refractivity contribution in [1.29, 1.82) is 0 Å². The van der Waals surface area contributed by atoms with E-state index in [0.29, 0.717) is 28.6 Å². The van der Waals surface area contributed by atoms with Crippen LogP contribution in [0, 0.1) is 13.8 Å². The van der Waals surface area contributed by atoms with Gasteiger partial charge in [0.25, 0.3) is 5.91 Å². The minimum absolute atomic E-state index is 0.0977. The number of nitrogens with one attached hydrogen (secondary N) is 1. The summed E-state index contributed by atoms with van der Waals surface area (Å²) in [7, 11) is 3.13. The molecule has 2 aromatic carbocycles. The number of hydrogen-bond acceptors (Lipinski definition) is 7. The first-order valence-electron chi connectivity index (χ1n) is 9.02. The van der Waals surface area contributed by atoms with Crippen molar-refractivity contribution < 1.29 is 23.5 Å². The fourth-order valence-corrected chi connectivity index (χ4v) is 2.67. The van der Waals surface area contributed by atoms with Crippen molar-refractivity contribution in [2.45, 2.75) is 20.4 Å². The van der Waals surface area contributed by atoms with E-state index in [9.17, 15) is 4.79 Å². The van der Waals surface area contributed by atoms with Crippen LogP contribution in [0.2, 0.25) is 0 Å². The molecule has 0 fully saturated rings. The van der Waals surface area contributed by atoms with Gasteiger partial charge in [-0.1, -0.05) is 17.3 Å². The van der Waals surface area contributed by atoms with Crippen molar-refractivity contribution in [3.63, 3.8) is 0 Å². The largest absolute Gasteiger partial charge is 0.497 e. The van der Waals surface area contributed by atoms with Crippen LogP contribution in [-0.4, -0.2) is 36.9 Å². The number of hydrogen-bond donors (Lipinski definition) is 1. The van der Waals surface area contributed by atoms with Crippen LogP contribution >= 0.6 is 0 Å². The Kier molecular flexibility index (Phi) is 6.33. The highest BCUT2D eigenvalue weighted by atomic mass is 16.5. The predicted molar refractivity (Wildman–Crippen MR) is 106 cm³/mol. The molecular weight excluding hydrogens is 374 g/mol. The standard InChI is InChI=1S/C21H23N3O5/c1-13-6-5-7-17(14(13)2)28-12-19(25)22-11-20-23-21(24-29-20)16-9-8-15(26-3)10-18(16)27-4/h5-10H,11-12H2,1-4H3,(H,22,25). The lowest BCUT2D eigenvalue weighted by molar-refractivity contribution is -0.123. The SMILES string of the molecule is COc1ccc(-c2noc(CNC(=O)COc3cccc(C)c3C)n2)c(OC)c1. The lowest BCUT2D eigenvalue weighted by Gasteiger charge is -2.10. The van der Waals surface area contributed by atoms with Crippen LogP contribution in [0.3, 0.4) is 0 Å². The van der Waals surface area contributed by atoms with Crippen molar-refractivity contribution in [3.8, 4) is 28.6 Å². The van der Waals surface area contributed by atoms with Crippen molar-refractivity contribution in [3.05, 3.63) is 53.4 Å². The number of aryl methyl sites for hydroxylation is 1. The van der Waals surface area contributed by atoms with Gasteiger partial charge in [0.15, 0.2) is 6.61 Å². The summed E-state index contributed by atoms with van der Waals surface area (Å²) in [6, 6.07) is 11.0. The van der Waals surface area contributed by atoms with E-state index < -0.39 is 0 Å². The molecule has 1 amide bonds. The summed E-state index contributed by atoms with van der Waals surface area (Å²) >= 11 is 0. The second kappa shape index (κ2) is 9.09. The molecule has 0 spiro atoms. The summed E-state index contributed by atoms with van der Waals surface area (Å²) in [5.41, 5.74) is 2.78. The third kappa shape index (κ3) is 4.84. The Morgan fingerprint density at radius 3 is 2.69 bits per heavy atom. The van der Waals surface area contributed by atoms with Gasteiger partial charge < -0.3 is 24.1 Å². The lowest BCUT2D eigenvalue weighted by atomic mass is 10.1. The first kappa shape index (κ1) is 20.2. The summed E-state index contributed by atoms with van der Waals surface area (Å²) in [4.78, 5) is 16.4. The maximum atomic E-state index is 12.1. The zero-order chi connectivity index (χ0) is 20.8. The topological polar surface area (TPSA) is 95.7 Å². The Morgan fingerprint density at radius 1 is 1.10 bits per heavy atom. The van der Waals surface area contributed by atoms with E-state index >= 15 is 0 Å². The third-order valence-corrected chi connectivity index (χ3v) is 4.47. The summed E-state index contributed by atoms with van der Waals surface area (Å²) < 4.78 is 21.3. The zero-order valence-corrected chi connectivity index (χ0v) is 16.8. The summed E-state index contributed by atoms with van der Waals surface area (Å²) in [6.45, 7) is 3.95. The number of rotatable bonds is 8. The summed E-state index contributed by atoms with van der Waals surface area (Å²) in [5, 5.41) is 6.66. The van der Waals surface area contributed by atoms with Gasteiger partial charge in [-0.25, -0.2) is 0 Å². The maximum absolute atomic E-state index is 12.1. The van der Waals surface area contributed by atoms with Crippen LogP contribution in [0.1, 0.15) is 17.0 Å². The molecule has 8 nitrogen and oxygen atoms in total. The average molecular weight is 397 g/mol. The average Bonchev–Trinajstić information content (AvgIpc) is 3.21. The van der Waals surface area contributed by atoms with Crippen molar-refractivity contribution in [2.24, 2.45) is 0 Å². The minimum Gasteiger partial charge on any atom is -0.497 e. The van der Waals surface area contributed by atoms with Gasteiger partial charge in [0.05, 0.1) is 26.3 Å². The van der Waals surface area contributed by atoms with Crippen LogP contribution < -0.4 is 19.5 Å². The Balaban J connectivity index is 1.58. The quantitative estimate of drug-likeness (QED) is 0.624. The molecule has 3 aromatic rings. The molecule has 0 aliphatic carbocycles. The molecule has 0 radical (unpaired) electrons. The molecule has 1 aromatic heterocycles. The Bertz CT molecular complexity index is 1000. The van der Waals surface area contributed by atoms with Crippen molar-refractivity contribution in [2.75, 3.05) is 20.8 Å². The molecule has 0 atom stereocenters. The highest BCUT2D eigenvalue weighted by molar-refractivity contribution is 5.77. The molecule has 0 saturated carbocycles. The van der Waals surface area contributed by atoms with Gasteiger partial charge in [-0.2, -0.15) is 4.98 Å². The second-order valence-electron chi connectivity index (χ2n) is 6.34. The maximum Gasteiger partial charge on any atom is 0.258 e. The Labute approximate surface area is 168 Å². The van der Waals surface area contributed by atoms with Gasteiger partial charge in [-0.15, -0.1) is 0 Å². The molecule has 152 valence electrons. The molecule has 0 unspecified atom stereocenters. The number of ether oxygens (including phenoxy) is 3. The monoisotopic (exact) mass is 397 g/mol. The Hall–Kier alpha value is -3.55. The van der Waals surface area contributed by atoms with E-state index in [1.165, 1.54) is 0 Å². The van der Waals surface area contributed by atoms with Crippen molar-refractivity contribution >= 4 is 5.91 Å². The van der Waals surface area contributed by atoms with E-state index in [1.54, 1.807) is 32.4 Å². The number of aromatic nitrogens is 2. The Morgan fingerprint density at radius 2 is 1.93 bits per heavy atom. The summed E-state index contributed by atoms with van der Waals surface area (Å²) in [6.07, 6.45) is 0. The number of carbonyl (C=O) groups excluding carboxylic acids is 1. The third-order valence-electron chi connectivity index (χ3n) is 4.47. The van der Waals surface area contributed by atoms with Gasteiger partial charge in [0.1, 0.15) is 17.2 Å². The summed E-state index contributed by atoms with van der Waals surface area (Å²) in [5.74, 6) is 2.26. The highest BCUT2D eigenvalue weighted by Crippen LogP contribution is 2.31. The number of benzene rings is 2. The van der Waals surface area contributed by atoms with Crippen LogP contribution in [-0.2, 0) is 11.3 Å². The van der Waals surface area contributed by atoms with E-state index in [-0.39, 0.29) is 24.9 Å². The molecule has 0 aliphatic rings. The molecule has 1 heterocycles. The second-order valence-corrected chi connectivity index (χ2v) is 6.34. The smallest absolute Gasteiger partial charge is 0.258 e. The fraction of sp³-hybridized carbons (Fsp3) is 0.286. The van der Waals surface area contributed by atoms with Crippen LogP contribution in [0.5, 0.6) is 17.2 Å². The number of amides is 1. The zero-order valence-electron chi connectivity index (χ0n) is 16.8. The first-order chi connectivity index (χ1) is 14.0. The molecule has 0 aliphatic heterocycles. The molecule has 1 N–H and O–H groups in total. The van der Waals surface area contributed by atoms with E-state index in [2.05, 4.69) is 15.5 Å². The van der Waals surface area contributed by atoms with E-state index in [0.717, 1.165) is 11.1 Å².